The highest BCUT2D eigenvalue weighted by Gasteiger charge is 2.42. The number of aromatic nitrogens is 1. The number of hydrogen-bond donors (Lipinski definition) is 0. The summed E-state index contributed by atoms with van der Waals surface area (Å²) in [6.07, 6.45) is 16.7. The van der Waals surface area contributed by atoms with Gasteiger partial charge in [0.05, 0.1) is 39.0 Å². The summed E-state index contributed by atoms with van der Waals surface area (Å²) in [5.74, 6) is -0.699. The van der Waals surface area contributed by atoms with Crippen molar-refractivity contribution in [1.82, 2.24) is 24.5 Å². The van der Waals surface area contributed by atoms with Gasteiger partial charge >= 0.3 is 18.1 Å². The fourth-order valence-electron chi connectivity index (χ4n) is 13.5. The van der Waals surface area contributed by atoms with Crippen LogP contribution in [0, 0.1) is 0 Å². The van der Waals surface area contributed by atoms with Crippen molar-refractivity contribution in [2.45, 2.75) is 111 Å². The first-order valence-electron chi connectivity index (χ1n) is 40.1. The fourth-order valence-corrected chi connectivity index (χ4v) is 14.3. The predicted octanol–water partition coefficient (Wildman–Crippen LogP) is 17.0. The lowest BCUT2D eigenvalue weighted by Crippen LogP contribution is -2.36. The number of unbranched alkanes of at least 4 members (excludes halogenated alkanes) is 5. The van der Waals surface area contributed by atoms with Crippen molar-refractivity contribution in [3.8, 4) is 5.75 Å². The molecule has 28 heteroatoms. The van der Waals surface area contributed by atoms with Gasteiger partial charge in [0.25, 0.3) is 39.2 Å². The molecule has 6 fully saturated rings. The molecular weight excluding hydrogens is 1600 g/mol. The molecule has 8 amide bonds. The molecule has 0 bridgehead atoms. The molecule has 121 heavy (non-hydrogen) atoms. The summed E-state index contributed by atoms with van der Waals surface area (Å²) in [7, 11) is 7.14. The highest BCUT2D eigenvalue weighted by Crippen LogP contribution is 2.36. The Morgan fingerprint density at radius 3 is 1.64 bits per heavy atom. The number of carbonyl (C=O) groups excluding carboxylic acids is 8. The number of furan rings is 1. The molecule has 25 nitrogen and oxygen atoms in total. The highest BCUT2D eigenvalue weighted by molar-refractivity contribution is 7.80. The molecule has 7 aromatic carbocycles. The summed E-state index contributed by atoms with van der Waals surface area (Å²) >= 11 is 15.1. The third-order valence-electron chi connectivity index (χ3n) is 19.9. The van der Waals surface area contributed by atoms with Gasteiger partial charge in [0.1, 0.15) is 23.5 Å². The van der Waals surface area contributed by atoms with Crippen LogP contribution in [-0.2, 0) is 74.9 Å². The molecule has 8 heterocycles. The maximum atomic E-state index is 12.7. The van der Waals surface area contributed by atoms with E-state index in [2.05, 4.69) is 47.6 Å². The van der Waals surface area contributed by atoms with Gasteiger partial charge in [-0.1, -0.05) is 143 Å². The second kappa shape index (κ2) is 43.4. The topological polar surface area (TPSA) is 250 Å². The third kappa shape index (κ3) is 23.3. The molecule has 2 unspecified atom stereocenters. The Kier molecular flexibility index (Phi) is 32.0. The Balaban J connectivity index is 0.000000150. The molecule has 0 saturated carbocycles. The Morgan fingerprint density at radius 2 is 1.07 bits per heavy atom. The Hall–Kier alpha value is -12.6. The van der Waals surface area contributed by atoms with E-state index in [4.69, 9.17) is 79.0 Å². The first-order valence-corrected chi connectivity index (χ1v) is 41.3. The van der Waals surface area contributed by atoms with E-state index in [-0.39, 0.29) is 63.2 Å². The number of fused-ring (bicyclic) bond motifs is 3. The highest BCUT2D eigenvalue weighted by atomic mass is 32.1. The summed E-state index contributed by atoms with van der Waals surface area (Å²) in [4.78, 5) is 107. The zero-order valence-electron chi connectivity index (χ0n) is 68.8. The molecular formula is C93H97N8O17S3+. The molecule has 2 aromatic heterocycles. The number of carbonyl (C=O) groups is 8. The molecule has 15 rings (SSSR count). The molecule has 628 valence electrons. The van der Waals surface area contributed by atoms with Crippen LogP contribution in [0.3, 0.4) is 0 Å². The number of ether oxygens (including phenoxy) is 8. The van der Waals surface area contributed by atoms with Crippen molar-refractivity contribution in [2.24, 2.45) is 0 Å². The number of amides is 8. The van der Waals surface area contributed by atoms with Gasteiger partial charge in [0.15, 0.2) is 29.6 Å². The van der Waals surface area contributed by atoms with Gasteiger partial charge in [0.2, 0.25) is 17.4 Å². The van der Waals surface area contributed by atoms with Gasteiger partial charge in [0, 0.05) is 106 Å². The molecule has 0 spiro atoms. The third-order valence-corrected chi connectivity index (χ3v) is 20.8. The summed E-state index contributed by atoms with van der Waals surface area (Å²) in [6.45, 7) is 10.9. The Bertz CT molecular complexity index is 5320. The Labute approximate surface area is 719 Å². The van der Waals surface area contributed by atoms with E-state index in [0.29, 0.717) is 50.8 Å². The molecule has 9 aromatic rings. The number of likely N-dealkylation sites (N-methyl/N-ethyl adjacent to an activating group) is 1. The van der Waals surface area contributed by atoms with Crippen molar-refractivity contribution < 1.29 is 85.2 Å². The standard InChI is InChI=1S/C27H24N2O4.C19H26N2O2S.C18H15NO4.C16H21N2O3S.C13H11NO4S/c30-26-25(33-27(31)28(26)19-24-12-7-17-32-24)18-20-13-15-23(16-14-20)29(21-8-3-1-4-9-21)22-10-5-2-6-11-22;1-4-5-6-7-8-13-21-18(22)17(23-19(21)24)14-15-9-11-16(12-10-15)20(2)3;1-2-19-17(20)16(23-18(19)21)10-11-7-8-15-13(9-11)12-5-3-4-6-14(12)22-15;1-3-4-8-17-9-6-5-7-13(17)12-14-15(19)18(10-11-20-2)16(22)21-14;1-8(15)14-12(16)11(18-13(14)19)7-9-3-5-10(17-2)6-4-9/h1-6,8-11,13-16,18,24H,7,12,17,19H2;9-12,14H,4-8,13H2,1-3H3;3-9,16H,2,10H2,1H3;5-7,9,12H,3-4,8,10-11H2,1-2H3;3-7H,1-2H3/q;;;+1;/b25-18+;17-14+;;14-12+;11-7+. The van der Waals surface area contributed by atoms with Crippen molar-refractivity contribution in [1.29, 1.82) is 0 Å². The molecule has 6 aliphatic heterocycles. The van der Waals surface area contributed by atoms with Crippen LogP contribution in [0.1, 0.15) is 113 Å². The number of pyridine rings is 1. The van der Waals surface area contributed by atoms with Crippen LogP contribution in [0.4, 0.5) is 32.3 Å². The van der Waals surface area contributed by atoms with Crippen LogP contribution in [0.25, 0.3) is 46.2 Å². The number of anilines is 4. The lowest BCUT2D eigenvalue weighted by atomic mass is 10.0. The quantitative estimate of drug-likeness (QED) is 0.0211. The van der Waals surface area contributed by atoms with Crippen LogP contribution in [-0.4, -0.2) is 168 Å². The number of thiocarbonyl (C=S) groups is 3. The number of benzene rings is 7. The van der Waals surface area contributed by atoms with Gasteiger partial charge in [-0.25, -0.2) is 24.3 Å². The lowest BCUT2D eigenvalue weighted by molar-refractivity contribution is -0.699. The fraction of sp³-hybridized carbons (Fsp3) is 0.290. The number of methoxy groups -OCH3 is 2. The molecule has 2 atom stereocenters. The number of cyclic esters (lactones) is 2. The summed E-state index contributed by atoms with van der Waals surface area (Å²) in [5.41, 5.74) is 10.1. The van der Waals surface area contributed by atoms with Crippen LogP contribution >= 0.6 is 36.7 Å². The monoisotopic (exact) mass is 1690 g/mol. The number of para-hydroxylation sites is 3. The SMILES string of the molecule is CCCCCCCN1C(=O)/C(=C\c2ccc(N(C)C)cc2)OC1=S.CCCC[n+]1ccccc1/C=C1/OC(=S)N(CCOC)C1=O.CCN1C(=O)OC(Cc2ccc3oc4ccccc4c3c2)C1=O.COc1ccc(/C=C2/OC(=S)N(C(C)=O)C2=O)cc1.O=C1O/C(=C/c2ccc(N(c3ccccc3)c3ccccc3)cc2)C(=O)N1CC1CCCO1. The Morgan fingerprint density at radius 1 is 0.529 bits per heavy atom. The van der Waals surface area contributed by atoms with Gasteiger partial charge in [-0.2, -0.15) is 4.57 Å². The average molecular weight is 1700 g/mol. The lowest BCUT2D eigenvalue weighted by Gasteiger charge is -2.25. The van der Waals surface area contributed by atoms with Gasteiger partial charge in [-0.3, -0.25) is 38.6 Å². The summed E-state index contributed by atoms with van der Waals surface area (Å²) in [5, 5.41) is 2.35. The largest absolute Gasteiger partial charge is 0.497 e. The van der Waals surface area contributed by atoms with E-state index in [0.717, 1.165) is 132 Å². The van der Waals surface area contributed by atoms with E-state index in [9.17, 15) is 38.4 Å². The molecule has 0 N–H and O–H groups in total. The van der Waals surface area contributed by atoms with Crippen molar-refractivity contribution >= 4 is 169 Å². The van der Waals surface area contributed by atoms with Crippen molar-refractivity contribution in [3.05, 3.63) is 251 Å². The average Bonchev–Trinajstić information content (AvgIpc) is 1.60. The van der Waals surface area contributed by atoms with E-state index in [1.807, 2.05) is 171 Å². The van der Waals surface area contributed by atoms with Crippen molar-refractivity contribution in [3.63, 3.8) is 0 Å². The first-order chi connectivity index (χ1) is 58.6. The minimum Gasteiger partial charge on any atom is -0.497 e. The van der Waals surface area contributed by atoms with E-state index in [1.54, 1.807) is 68.5 Å². The molecule has 0 radical (unpaired) electrons. The number of imide groups is 3. The number of hydrogen-bond acceptors (Lipinski definition) is 22. The normalized spacial score (nSPS) is 17.5. The van der Waals surface area contributed by atoms with E-state index < -0.39 is 36.0 Å². The zero-order chi connectivity index (χ0) is 86.1. The van der Waals surface area contributed by atoms with Crippen LogP contribution < -0.4 is 19.1 Å². The maximum absolute atomic E-state index is 12.7. The predicted molar refractivity (Wildman–Crippen MR) is 473 cm³/mol. The zero-order valence-corrected chi connectivity index (χ0v) is 71.2. The number of rotatable bonds is 26. The summed E-state index contributed by atoms with van der Waals surface area (Å²) in [6, 6.07) is 62.5. The molecule has 6 aliphatic rings. The van der Waals surface area contributed by atoms with Gasteiger partial charge in [-0.05, 0) is 188 Å². The smallest absolute Gasteiger partial charge is 0.422 e. The minimum absolute atomic E-state index is 0.0327. The second-order valence-corrected chi connectivity index (χ2v) is 29.7. The minimum atomic E-state index is -0.738. The number of nitrogens with zero attached hydrogens (tertiary/aromatic N) is 8. The molecule has 6 saturated heterocycles. The second-order valence-electron chi connectivity index (χ2n) is 28.7. The number of aryl methyl sites for hydroxylation is 1. The first kappa shape index (κ1) is 89.2. The maximum Gasteiger partial charge on any atom is 0.422 e. The van der Waals surface area contributed by atoms with Gasteiger partial charge < -0.3 is 52.1 Å². The van der Waals surface area contributed by atoms with Gasteiger partial charge in [-0.15, -0.1) is 0 Å². The van der Waals surface area contributed by atoms with E-state index >= 15 is 0 Å². The van der Waals surface area contributed by atoms with Crippen molar-refractivity contribution in [2.75, 3.05) is 77.5 Å². The van der Waals surface area contributed by atoms with Crippen LogP contribution in [0.15, 0.2) is 228 Å². The van der Waals surface area contributed by atoms with Crippen LogP contribution in [0.2, 0.25) is 0 Å². The molecule has 0 aliphatic carbocycles. The van der Waals surface area contributed by atoms with Crippen LogP contribution in [0.5, 0.6) is 5.75 Å². The summed E-state index contributed by atoms with van der Waals surface area (Å²) < 4.78 is 50.0. The van der Waals surface area contributed by atoms with E-state index in [1.165, 1.54) is 37.2 Å².